The van der Waals surface area contributed by atoms with Crippen molar-refractivity contribution >= 4 is 0 Å². The minimum Gasteiger partial charge on any atom is -0.495 e. The van der Waals surface area contributed by atoms with Gasteiger partial charge < -0.3 is 9.47 Å². The first-order chi connectivity index (χ1) is 7.77. The largest absolute Gasteiger partial charge is 0.495 e. The SMILES string of the molecule is CCC=C(COc1ncccc1C)OCC. The van der Waals surface area contributed by atoms with E-state index in [1.165, 1.54) is 0 Å². The molecule has 0 radical (unpaired) electrons. The number of allylic oxidation sites excluding steroid dienone is 1. The molecule has 0 aliphatic heterocycles. The number of rotatable bonds is 6. The fourth-order valence-corrected chi connectivity index (χ4v) is 1.33. The van der Waals surface area contributed by atoms with Crippen molar-refractivity contribution in [2.75, 3.05) is 13.2 Å². The van der Waals surface area contributed by atoms with Gasteiger partial charge in [-0.2, -0.15) is 0 Å². The molecule has 0 unspecified atom stereocenters. The van der Waals surface area contributed by atoms with Crippen LogP contribution in [0.25, 0.3) is 0 Å². The van der Waals surface area contributed by atoms with Crippen LogP contribution in [-0.4, -0.2) is 18.2 Å². The quantitative estimate of drug-likeness (QED) is 0.692. The Morgan fingerprint density at radius 1 is 1.44 bits per heavy atom. The lowest BCUT2D eigenvalue weighted by Crippen LogP contribution is -2.06. The Bertz CT molecular complexity index is 348. The number of aromatic nitrogens is 1. The van der Waals surface area contributed by atoms with E-state index in [4.69, 9.17) is 9.47 Å². The maximum absolute atomic E-state index is 5.60. The van der Waals surface area contributed by atoms with Gasteiger partial charge in [-0.3, -0.25) is 0 Å². The van der Waals surface area contributed by atoms with E-state index in [0.29, 0.717) is 19.1 Å². The molecule has 0 bridgehead atoms. The van der Waals surface area contributed by atoms with Gasteiger partial charge in [0, 0.05) is 11.8 Å². The number of hydrogen-bond acceptors (Lipinski definition) is 3. The average Bonchev–Trinajstić information content (AvgIpc) is 2.28. The average molecular weight is 221 g/mol. The summed E-state index contributed by atoms with van der Waals surface area (Å²) in [6, 6.07) is 3.87. The van der Waals surface area contributed by atoms with Crippen LogP contribution in [-0.2, 0) is 4.74 Å². The summed E-state index contributed by atoms with van der Waals surface area (Å²) in [7, 11) is 0. The second-order valence-electron chi connectivity index (χ2n) is 3.43. The second kappa shape index (κ2) is 6.88. The molecule has 88 valence electrons. The molecule has 1 rings (SSSR count). The maximum Gasteiger partial charge on any atom is 0.216 e. The Morgan fingerprint density at radius 2 is 2.25 bits per heavy atom. The van der Waals surface area contributed by atoms with Crippen molar-refractivity contribution in [2.24, 2.45) is 0 Å². The van der Waals surface area contributed by atoms with Crippen LogP contribution >= 0.6 is 0 Å². The van der Waals surface area contributed by atoms with E-state index in [1.54, 1.807) is 6.20 Å². The fraction of sp³-hybridized carbons (Fsp3) is 0.462. The summed E-state index contributed by atoms with van der Waals surface area (Å²) in [5.41, 5.74) is 1.04. The van der Waals surface area contributed by atoms with E-state index in [9.17, 15) is 0 Å². The minimum atomic E-state index is 0.444. The standard InChI is InChI=1S/C13H19NO2/c1-4-7-12(15-5-2)10-16-13-11(3)8-6-9-14-13/h6-9H,4-5,10H2,1-3H3. The molecule has 1 aromatic heterocycles. The number of nitrogens with zero attached hydrogens (tertiary/aromatic N) is 1. The van der Waals surface area contributed by atoms with Gasteiger partial charge in [-0.15, -0.1) is 0 Å². The molecule has 3 nitrogen and oxygen atoms in total. The third kappa shape index (κ3) is 3.93. The summed E-state index contributed by atoms with van der Waals surface area (Å²) in [5, 5.41) is 0. The van der Waals surface area contributed by atoms with Gasteiger partial charge in [0.15, 0.2) is 0 Å². The van der Waals surface area contributed by atoms with E-state index in [0.717, 1.165) is 17.7 Å². The summed E-state index contributed by atoms with van der Waals surface area (Å²) in [6.45, 7) is 7.13. The highest BCUT2D eigenvalue weighted by atomic mass is 16.5. The van der Waals surface area contributed by atoms with E-state index >= 15 is 0 Å². The van der Waals surface area contributed by atoms with Crippen LogP contribution in [0.5, 0.6) is 5.88 Å². The molecule has 1 heterocycles. The van der Waals surface area contributed by atoms with E-state index in [-0.39, 0.29) is 0 Å². The first-order valence-electron chi connectivity index (χ1n) is 5.64. The fourth-order valence-electron chi connectivity index (χ4n) is 1.33. The van der Waals surface area contributed by atoms with Gasteiger partial charge >= 0.3 is 0 Å². The molecule has 16 heavy (non-hydrogen) atoms. The topological polar surface area (TPSA) is 31.4 Å². The van der Waals surface area contributed by atoms with Gasteiger partial charge in [-0.25, -0.2) is 4.98 Å². The van der Waals surface area contributed by atoms with Crippen LogP contribution in [0, 0.1) is 6.92 Å². The molecule has 1 aromatic rings. The molecule has 3 heteroatoms. The van der Waals surface area contributed by atoms with Crippen LogP contribution in [0.3, 0.4) is 0 Å². The number of ether oxygens (including phenoxy) is 2. The zero-order valence-electron chi connectivity index (χ0n) is 10.2. The normalized spacial score (nSPS) is 11.3. The third-order valence-corrected chi connectivity index (χ3v) is 2.07. The van der Waals surface area contributed by atoms with E-state index in [1.807, 2.05) is 32.1 Å². The van der Waals surface area contributed by atoms with Gasteiger partial charge in [-0.1, -0.05) is 13.0 Å². The van der Waals surface area contributed by atoms with Crippen molar-refractivity contribution in [3.05, 3.63) is 35.7 Å². The molecule has 0 saturated heterocycles. The Hall–Kier alpha value is -1.51. The van der Waals surface area contributed by atoms with Gasteiger partial charge in [-0.05, 0) is 32.4 Å². The predicted molar refractivity (Wildman–Crippen MR) is 64.5 cm³/mol. The molecule has 0 spiro atoms. The first-order valence-corrected chi connectivity index (χ1v) is 5.64. The van der Waals surface area contributed by atoms with Crippen LogP contribution in [0.1, 0.15) is 25.8 Å². The zero-order chi connectivity index (χ0) is 11.8. The molecular weight excluding hydrogens is 202 g/mol. The lowest BCUT2D eigenvalue weighted by atomic mass is 10.3. The van der Waals surface area contributed by atoms with Crippen LogP contribution in [0.4, 0.5) is 0 Å². The van der Waals surface area contributed by atoms with Crippen molar-refractivity contribution in [1.82, 2.24) is 4.98 Å². The van der Waals surface area contributed by atoms with Crippen molar-refractivity contribution in [3.8, 4) is 5.88 Å². The molecule has 0 atom stereocenters. The van der Waals surface area contributed by atoms with Gasteiger partial charge in [0.05, 0.1) is 6.61 Å². The van der Waals surface area contributed by atoms with Crippen molar-refractivity contribution in [3.63, 3.8) is 0 Å². The minimum absolute atomic E-state index is 0.444. The molecular formula is C13H19NO2. The van der Waals surface area contributed by atoms with Crippen molar-refractivity contribution < 1.29 is 9.47 Å². The highest BCUT2D eigenvalue weighted by Gasteiger charge is 2.02. The summed E-state index contributed by atoms with van der Waals surface area (Å²) in [4.78, 5) is 4.17. The van der Waals surface area contributed by atoms with Crippen LogP contribution in [0.15, 0.2) is 30.2 Å². The highest BCUT2D eigenvalue weighted by Crippen LogP contribution is 2.13. The molecule has 0 aromatic carbocycles. The summed E-state index contributed by atoms with van der Waals surface area (Å²) in [5.74, 6) is 1.54. The smallest absolute Gasteiger partial charge is 0.216 e. The Balaban J connectivity index is 2.55. The number of pyridine rings is 1. The Morgan fingerprint density at radius 3 is 2.88 bits per heavy atom. The highest BCUT2D eigenvalue weighted by molar-refractivity contribution is 5.23. The number of aryl methyl sites for hydroxylation is 1. The van der Waals surface area contributed by atoms with Gasteiger partial charge in [0.25, 0.3) is 0 Å². The molecule has 0 amide bonds. The Kier molecular flexibility index (Phi) is 5.40. The van der Waals surface area contributed by atoms with E-state index < -0.39 is 0 Å². The van der Waals surface area contributed by atoms with E-state index in [2.05, 4.69) is 11.9 Å². The van der Waals surface area contributed by atoms with Gasteiger partial charge in [0.1, 0.15) is 12.4 Å². The molecule has 0 saturated carbocycles. The van der Waals surface area contributed by atoms with Crippen molar-refractivity contribution in [2.45, 2.75) is 27.2 Å². The molecule has 0 N–H and O–H groups in total. The Labute approximate surface area is 97.1 Å². The van der Waals surface area contributed by atoms with Crippen molar-refractivity contribution in [1.29, 1.82) is 0 Å². The monoisotopic (exact) mass is 221 g/mol. The van der Waals surface area contributed by atoms with Gasteiger partial charge in [0.2, 0.25) is 5.88 Å². The first kappa shape index (κ1) is 12.6. The maximum atomic E-state index is 5.60. The summed E-state index contributed by atoms with van der Waals surface area (Å²) >= 11 is 0. The molecule has 0 aliphatic rings. The van der Waals surface area contributed by atoms with Crippen LogP contribution in [0.2, 0.25) is 0 Å². The molecule has 0 fully saturated rings. The lowest BCUT2D eigenvalue weighted by Gasteiger charge is -2.11. The summed E-state index contributed by atoms with van der Waals surface area (Å²) in [6.07, 6.45) is 4.70. The second-order valence-corrected chi connectivity index (χ2v) is 3.43. The number of hydrogen-bond donors (Lipinski definition) is 0. The predicted octanol–water partition coefficient (Wildman–Crippen LogP) is 3.10. The third-order valence-electron chi connectivity index (χ3n) is 2.07. The molecule has 0 aliphatic carbocycles. The summed E-state index contributed by atoms with van der Waals surface area (Å²) < 4.78 is 11.1. The lowest BCUT2D eigenvalue weighted by molar-refractivity contribution is 0.176. The zero-order valence-corrected chi connectivity index (χ0v) is 10.2. The van der Waals surface area contributed by atoms with Crippen LogP contribution < -0.4 is 4.74 Å².